The molecule has 1 unspecified atom stereocenters. The molecule has 0 spiro atoms. The molecular weight excluding hydrogens is 378 g/mol. The van der Waals surface area contributed by atoms with E-state index >= 15 is 0 Å². The molecule has 7 heteroatoms. The van der Waals surface area contributed by atoms with Crippen molar-refractivity contribution in [3.63, 3.8) is 0 Å². The number of guanidine groups is 1. The molecule has 0 radical (unpaired) electrons. The highest BCUT2D eigenvalue weighted by Gasteiger charge is 2.15. The van der Waals surface area contributed by atoms with Gasteiger partial charge in [0.2, 0.25) is 5.91 Å². The summed E-state index contributed by atoms with van der Waals surface area (Å²) >= 11 is 0. The van der Waals surface area contributed by atoms with E-state index in [0.29, 0.717) is 12.5 Å². The summed E-state index contributed by atoms with van der Waals surface area (Å²) in [5.74, 6) is 1.50. The lowest BCUT2D eigenvalue weighted by atomic mass is 10.1. The Morgan fingerprint density at radius 2 is 2.03 bits per heavy atom. The number of rotatable bonds is 8. The molecule has 2 heterocycles. The lowest BCUT2D eigenvalue weighted by Gasteiger charge is -2.22. The second-order valence-corrected chi connectivity index (χ2v) is 7.86. The number of carbonyl (C=O) groups is 1. The molecule has 3 rings (SSSR count). The van der Waals surface area contributed by atoms with Crippen molar-refractivity contribution in [2.45, 2.75) is 32.2 Å². The van der Waals surface area contributed by atoms with Crippen molar-refractivity contribution in [3.05, 3.63) is 54.0 Å². The summed E-state index contributed by atoms with van der Waals surface area (Å²) in [5, 5.41) is 6.76. The van der Waals surface area contributed by atoms with E-state index in [4.69, 9.17) is 4.42 Å². The molecule has 1 aromatic heterocycles. The Morgan fingerprint density at radius 1 is 1.23 bits per heavy atom. The van der Waals surface area contributed by atoms with E-state index in [2.05, 4.69) is 51.7 Å². The maximum absolute atomic E-state index is 12.0. The maximum Gasteiger partial charge on any atom is 0.243 e. The number of aliphatic imine (C=N–C) groups is 1. The minimum absolute atomic E-state index is 0.0363. The van der Waals surface area contributed by atoms with Crippen LogP contribution in [0.4, 0.5) is 5.69 Å². The Kier molecular flexibility index (Phi) is 7.76. The Labute approximate surface area is 179 Å². The van der Waals surface area contributed by atoms with Crippen molar-refractivity contribution in [2.24, 2.45) is 4.99 Å². The first-order valence-electron chi connectivity index (χ1n) is 10.6. The molecule has 1 aliphatic rings. The highest BCUT2D eigenvalue weighted by molar-refractivity contribution is 5.85. The number of furan rings is 1. The van der Waals surface area contributed by atoms with Crippen molar-refractivity contribution >= 4 is 17.6 Å². The number of hydrogen-bond donors (Lipinski definition) is 2. The first-order chi connectivity index (χ1) is 14.5. The first-order valence-corrected chi connectivity index (χ1v) is 10.6. The third-order valence-corrected chi connectivity index (χ3v) is 5.31. The third-order valence-electron chi connectivity index (χ3n) is 5.31. The molecule has 2 N–H and O–H groups in total. The van der Waals surface area contributed by atoms with E-state index in [1.54, 1.807) is 25.3 Å². The predicted octanol–water partition coefficient (Wildman–Crippen LogP) is 2.81. The highest BCUT2D eigenvalue weighted by atomic mass is 16.3. The van der Waals surface area contributed by atoms with Gasteiger partial charge in [0.05, 0.1) is 12.3 Å². The molecular formula is C23H33N5O2. The van der Waals surface area contributed by atoms with Crippen LogP contribution in [-0.2, 0) is 11.2 Å². The molecule has 30 heavy (non-hydrogen) atoms. The van der Waals surface area contributed by atoms with Gasteiger partial charge in [0.25, 0.3) is 0 Å². The summed E-state index contributed by atoms with van der Waals surface area (Å²) in [6.45, 7) is 5.12. The van der Waals surface area contributed by atoms with Gasteiger partial charge < -0.3 is 24.9 Å². The van der Waals surface area contributed by atoms with Gasteiger partial charge in [0.1, 0.15) is 12.3 Å². The molecule has 1 saturated heterocycles. The van der Waals surface area contributed by atoms with Gasteiger partial charge in [-0.25, -0.2) is 4.99 Å². The molecule has 1 atom stereocenters. The monoisotopic (exact) mass is 411 g/mol. The molecule has 1 aromatic carbocycles. The Bertz CT molecular complexity index is 826. The van der Waals surface area contributed by atoms with Crippen LogP contribution in [0.2, 0.25) is 0 Å². The van der Waals surface area contributed by atoms with Crippen LogP contribution < -0.4 is 15.5 Å². The molecule has 1 amide bonds. The zero-order valence-electron chi connectivity index (χ0n) is 18.2. The van der Waals surface area contributed by atoms with Gasteiger partial charge in [-0.1, -0.05) is 12.1 Å². The summed E-state index contributed by atoms with van der Waals surface area (Å²) in [7, 11) is 3.48. The van der Waals surface area contributed by atoms with E-state index in [-0.39, 0.29) is 18.5 Å². The van der Waals surface area contributed by atoms with Gasteiger partial charge >= 0.3 is 0 Å². The minimum atomic E-state index is -0.0363. The average Bonchev–Trinajstić information content (AvgIpc) is 3.45. The molecule has 0 aliphatic carbocycles. The van der Waals surface area contributed by atoms with Gasteiger partial charge in [0.15, 0.2) is 5.96 Å². The molecule has 0 saturated carbocycles. The molecule has 2 aromatic rings. The van der Waals surface area contributed by atoms with Crippen LogP contribution in [0.25, 0.3) is 0 Å². The van der Waals surface area contributed by atoms with Crippen LogP contribution in [0.5, 0.6) is 0 Å². The van der Waals surface area contributed by atoms with Crippen LogP contribution in [0.1, 0.15) is 37.1 Å². The number of nitrogens with one attached hydrogen (secondary N) is 2. The van der Waals surface area contributed by atoms with E-state index < -0.39 is 0 Å². The van der Waals surface area contributed by atoms with Gasteiger partial charge in [-0.2, -0.15) is 0 Å². The number of hydrogen-bond acceptors (Lipinski definition) is 4. The first kappa shape index (κ1) is 21.7. The Hall–Kier alpha value is -2.96. The smallest absolute Gasteiger partial charge is 0.243 e. The number of carbonyl (C=O) groups excluding carboxylic acids is 1. The van der Waals surface area contributed by atoms with Crippen molar-refractivity contribution in [2.75, 3.05) is 45.2 Å². The van der Waals surface area contributed by atoms with E-state index in [9.17, 15) is 4.79 Å². The SMILES string of the molecule is CC(NC(=NCC(=O)N(C)C)NCCc1ccco1)c1cccc(N2CCCC2)c1. The van der Waals surface area contributed by atoms with E-state index in [1.165, 1.54) is 24.1 Å². The maximum atomic E-state index is 12.0. The number of likely N-dealkylation sites (N-methyl/N-ethyl adjacent to an activating group) is 1. The van der Waals surface area contributed by atoms with Crippen molar-refractivity contribution < 1.29 is 9.21 Å². The Balaban J connectivity index is 1.65. The molecule has 1 fully saturated rings. The fourth-order valence-corrected chi connectivity index (χ4v) is 3.45. The fraction of sp³-hybridized carbons (Fsp3) is 0.478. The van der Waals surface area contributed by atoms with E-state index in [1.807, 2.05) is 12.1 Å². The standard InChI is InChI=1S/C23H33N5O2/c1-18(19-8-6-9-20(16-19)28-13-4-5-14-28)26-23(25-17-22(29)27(2)3)24-12-11-21-10-7-15-30-21/h6-10,15-16,18H,4-5,11-14,17H2,1-3H3,(H2,24,25,26). The third kappa shape index (κ3) is 6.27. The molecule has 7 nitrogen and oxygen atoms in total. The normalized spacial score (nSPS) is 15.2. The number of nitrogens with zero attached hydrogens (tertiary/aromatic N) is 3. The lowest BCUT2D eigenvalue weighted by Crippen LogP contribution is -2.40. The zero-order chi connectivity index (χ0) is 21.3. The van der Waals surface area contributed by atoms with Crippen LogP contribution in [0.3, 0.4) is 0 Å². The summed E-state index contributed by atoms with van der Waals surface area (Å²) in [5.41, 5.74) is 2.46. The van der Waals surface area contributed by atoms with Gasteiger partial charge in [0, 0.05) is 45.8 Å². The topological polar surface area (TPSA) is 73.1 Å². The predicted molar refractivity (Wildman–Crippen MR) is 121 cm³/mol. The highest BCUT2D eigenvalue weighted by Crippen LogP contribution is 2.23. The van der Waals surface area contributed by atoms with E-state index in [0.717, 1.165) is 25.3 Å². The summed E-state index contributed by atoms with van der Waals surface area (Å²) in [6.07, 6.45) is 4.94. The summed E-state index contributed by atoms with van der Waals surface area (Å²) < 4.78 is 5.39. The van der Waals surface area contributed by atoms with Crippen molar-refractivity contribution in [1.29, 1.82) is 0 Å². The van der Waals surface area contributed by atoms with Crippen molar-refractivity contribution in [3.8, 4) is 0 Å². The number of benzene rings is 1. The summed E-state index contributed by atoms with van der Waals surface area (Å²) in [6, 6.07) is 12.5. The molecule has 0 bridgehead atoms. The molecule has 1 aliphatic heterocycles. The Morgan fingerprint density at radius 3 is 2.73 bits per heavy atom. The van der Waals surface area contributed by atoms with Gasteiger partial charge in [-0.15, -0.1) is 0 Å². The van der Waals surface area contributed by atoms with Crippen LogP contribution in [-0.4, -0.2) is 57.0 Å². The van der Waals surface area contributed by atoms with Crippen LogP contribution in [0.15, 0.2) is 52.1 Å². The van der Waals surface area contributed by atoms with Gasteiger partial charge in [-0.05, 0) is 49.6 Å². The average molecular weight is 412 g/mol. The minimum Gasteiger partial charge on any atom is -0.469 e. The number of amides is 1. The zero-order valence-corrected chi connectivity index (χ0v) is 18.2. The van der Waals surface area contributed by atoms with Crippen LogP contribution in [0, 0.1) is 0 Å². The van der Waals surface area contributed by atoms with Crippen LogP contribution >= 0.6 is 0 Å². The van der Waals surface area contributed by atoms with Gasteiger partial charge in [-0.3, -0.25) is 4.79 Å². The fourth-order valence-electron chi connectivity index (χ4n) is 3.45. The molecule has 162 valence electrons. The quantitative estimate of drug-likeness (QED) is 0.516. The second kappa shape index (κ2) is 10.7. The number of anilines is 1. The lowest BCUT2D eigenvalue weighted by molar-refractivity contribution is -0.127. The largest absolute Gasteiger partial charge is 0.469 e. The second-order valence-electron chi connectivity index (χ2n) is 7.86. The summed E-state index contributed by atoms with van der Waals surface area (Å²) in [4.78, 5) is 20.5. The van der Waals surface area contributed by atoms with Crippen molar-refractivity contribution in [1.82, 2.24) is 15.5 Å².